The number of rotatable bonds is 8. The first kappa shape index (κ1) is 23.0. The normalized spacial score (nSPS) is 11.0. The van der Waals surface area contributed by atoms with E-state index < -0.39 is 17.2 Å². The van der Waals surface area contributed by atoms with Crippen molar-refractivity contribution in [2.75, 3.05) is 11.9 Å². The predicted octanol–water partition coefficient (Wildman–Crippen LogP) is 2.77. The molecule has 0 bridgehead atoms. The van der Waals surface area contributed by atoms with Crippen LogP contribution in [0.1, 0.15) is 25.0 Å². The summed E-state index contributed by atoms with van der Waals surface area (Å²) in [5, 5.41) is 7.16. The van der Waals surface area contributed by atoms with E-state index in [1.54, 1.807) is 29.1 Å². The highest BCUT2D eigenvalue weighted by Gasteiger charge is 2.19. The third-order valence-electron chi connectivity index (χ3n) is 5.49. The van der Waals surface area contributed by atoms with E-state index in [4.69, 9.17) is 4.74 Å². The number of carbonyl (C=O) groups excluding carboxylic acids is 1. The van der Waals surface area contributed by atoms with Gasteiger partial charge in [0, 0.05) is 12.7 Å². The molecule has 0 unspecified atom stereocenters. The average Bonchev–Trinajstić information content (AvgIpc) is 3.27. The highest BCUT2D eigenvalue weighted by molar-refractivity contribution is 5.92. The summed E-state index contributed by atoms with van der Waals surface area (Å²) in [5.41, 5.74) is 1.82. The molecule has 0 aliphatic rings. The summed E-state index contributed by atoms with van der Waals surface area (Å²) in [4.78, 5) is 39.5. The zero-order valence-corrected chi connectivity index (χ0v) is 19.4. The predicted molar refractivity (Wildman–Crippen MR) is 130 cm³/mol. The molecule has 0 aliphatic heterocycles. The topological polar surface area (TPSA) is 100 Å². The molecule has 9 heteroatoms. The first-order valence-corrected chi connectivity index (χ1v) is 11.2. The van der Waals surface area contributed by atoms with E-state index in [1.165, 1.54) is 4.57 Å². The lowest BCUT2D eigenvalue weighted by Crippen LogP contribution is -2.41. The van der Waals surface area contributed by atoms with Crippen molar-refractivity contribution in [1.29, 1.82) is 0 Å². The molecule has 0 fully saturated rings. The fourth-order valence-corrected chi connectivity index (χ4v) is 3.74. The van der Waals surface area contributed by atoms with Gasteiger partial charge in [0.25, 0.3) is 5.56 Å². The largest absolute Gasteiger partial charge is 0.492 e. The number of nitrogens with one attached hydrogen (secondary N) is 1. The van der Waals surface area contributed by atoms with Crippen LogP contribution in [0.2, 0.25) is 0 Å². The van der Waals surface area contributed by atoms with Crippen LogP contribution in [0.25, 0.3) is 11.0 Å². The number of hydrogen-bond acceptors (Lipinski definition) is 5. The molecule has 2 heterocycles. The maximum absolute atomic E-state index is 13.4. The second-order valence-electron chi connectivity index (χ2n) is 7.94. The number of anilines is 1. The SMILES string of the molecule is CCOc1ccccc1NC(=O)Cn1c(=O)n(Cc2ccc(C)cc2)c(=O)c2nn(CC)cc21. The van der Waals surface area contributed by atoms with Crippen molar-refractivity contribution in [3.05, 3.63) is 86.7 Å². The zero-order valence-electron chi connectivity index (χ0n) is 19.4. The molecular weight excluding hydrogens is 434 g/mol. The lowest BCUT2D eigenvalue weighted by atomic mass is 10.1. The Labute approximate surface area is 196 Å². The molecule has 176 valence electrons. The maximum Gasteiger partial charge on any atom is 0.332 e. The summed E-state index contributed by atoms with van der Waals surface area (Å²) < 4.78 is 9.57. The molecule has 1 N–H and O–H groups in total. The number of ether oxygens (including phenoxy) is 1. The third kappa shape index (κ3) is 4.63. The monoisotopic (exact) mass is 461 g/mol. The van der Waals surface area contributed by atoms with Gasteiger partial charge in [0.1, 0.15) is 12.3 Å². The van der Waals surface area contributed by atoms with Crippen LogP contribution in [0, 0.1) is 6.92 Å². The van der Waals surface area contributed by atoms with Gasteiger partial charge in [0.05, 0.1) is 24.4 Å². The number of benzene rings is 2. The minimum Gasteiger partial charge on any atom is -0.492 e. The van der Waals surface area contributed by atoms with Crippen molar-refractivity contribution < 1.29 is 9.53 Å². The Morgan fingerprint density at radius 1 is 1.03 bits per heavy atom. The number of nitrogens with zero attached hydrogens (tertiary/aromatic N) is 4. The maximum atomic E-state index is 13.4. The smallest absolute Gasteiger partial charge is 0.332 e. The summed E-state index contributed by atoms with van der Waals surface area (Å²) in [5.74, 6) is 0.124. The minimum atomic E-state index is -0.568. The summed E-state index contributed by atoms with van der Waals surface area (Å²) in [6, 6.07) is 14.7. The molecule has 4 rings (SSSR count). The Morgan fingerprint density at radius 3 is 2.47 bits per heavy atom. The number of aryl methyl sites for hydroxylation is 2. The molecule has 0 spiro atoms. The lowest BCUT2D eigenvalue weighted by Gasteiger charge is -2.14. The van der Waals surface area contributed by atoms with E-state index in [1.807, 2.05) is 51.1 Å². The molecule has 2 aromatic carbocycles. The molecule has 0 atom stereocenters. The van der Waals surface area contributed by atoms with Gasteiger partial charge < -0.3 is 10.1 Å². The van der Waals surface area contributed by atoms with Crippen LogP contribution in [-0.2, 0) is 24.4 Å². The number of para-hydroxylation sites is 2. The van der Waals surface area contributed by atoms with Gasteiger partial charge in [0.2, 0.25) is 5.91 Å². The van der Waals surface area contributed by atoms with Gasteiger partial charge >= 0.3 is 5.69 Å². The highest BCUT2D eigenvalue weighted by atomic mass is 16.5. The van der Waals surface area contributed by atoms with Crippen molar-refractivity contribution in [3.8, 4) is 5.75 Å². The van der Waals surface area contributed by atoms with Crippen LogP contribution in [0.5, 0.6) is 5.75 Å². The van der Waals surface area contributed by atoms with Gasteiger partial charge in [-0.3, -0.25) is 23.4 Å². The molecule has 2 aromatic heterocycles. The molecule has 34 heavy (non-hydrogen) atoms. The van der Waals surface area contributed by atoms with Crippen LogP contribution in [0.3, 0.4) is 0 Å². The first-order chi connectivity index (χ1) is 16.4. The van der Waals surface area contributed by atoms with Crippen LogP contribution in [0.15, 0.2) is 64.3 Å². The van der Waals surface area contributed by atoms with Gasteiger partial charge in [-0.2, -0.15) is 5.10 Å². The molecule has 9 nitrogen and oxygen atoms in total. The summed E-state index contributed by atoms with van der Waals surface area (Å²) in [7, 11) is 0. The van der Waals surface area contributed by atoms with Crippen molar-refractivity contribution >= 4 is 22.6 Å². The molecule has 0 saturated carbocycles. The van der Waals surface area contributed by atoms with E-state index in [2.05, 4.69) is 10.4 Å². The Kier molecular flexibility index (Phi) is 6.62. The average molecular weight is 462 g/mol. The quantitative estimate of drug-likeness (QED) is 0.435. The Balaban J connectivity index is 1.74. The first-order valence-electron chi connectivity index (χ1n) is 11.2. The molecule has 0 aliphatic carbocycles. The van der Waals surface area contributed by atoms with Gasteiger partial charge in [-0.15, -0.1) is 0 Å². The van der Waals surface area contributed by atoms with Crippen molar-refractivity contribution in [3.63, 3.8) is 0 Å². The van der Waals surface area contributed by atoms with Gasteiger partial charge in [-0.1, -0.05) is 42.0 Å². The lowest BCUT2D eigenvalue weighted by molar-refractivity contribution is -0.116. The second-order valence-corrected chi connectivity index (χ2v) is 7.94. The fraction of sp³-hybridized carbons (Fsp3) is 0.280. The van der Waals surface area contributed by atoms with Crippen LogP contribution in [0.4, 0.5) is 5.69 Å². The Bertz CT molecular complexity index is 1450. The zero-order chi connectivity index (χ0) is 24.2. The number of hydrogen-bond donors (Lipinski definition) is 1. The summed E-state index contributed by atoms with van der Waals surface area (Å²) in [6.45, 7) is 6.49. The summed E-state index contributed by atoms with van der Waals surface area (Å²) in [6.07, 6.45) is 1.62. The molecule has 0 saturated heterocycles. The minimum absolute atomic E-state index is 0.0850. The molecule has 1 amide bonds. The molecule has 4 aromatic rings. The number of amides is 1. The van der Waals surface area contributed by atoms with E-state index in [0.717, 1.165) is 15.7 Å². The van der Waals surface area contributed by atoms with Crippen molar-refractivity contribution in [2.24, 2.45) is 0 Å². The Morgan fingerprint density at radius 2 is 1.76 bits per heavy atom. The molecular formula is C25H27N5O4. The highest BCUT2D eigenvalue weighted by Crippen LogP contribution is 2.23. The number of fused-ring (bicyclic) bond motifs is 1. The fourth-order valence-electron chi connectivity index (χ4n) is 3.74. The van der Waals surface area contributed by atoms with Crippen LogP contribution in [-0.4, -0.2) is 31.4 Å². The van der Waals surface area contributed by atoms with Gasteiger partial charge in [-0.05, 0) is 38.5 Å². The Hall–Kier alpha value is -4.14. The molecule has 0 radical (unpaired) electrons. The third-order valence-corrected chi connectivity index (χ3v) is 5.49. The standard InChI is InChI=1S/C25H27N5O4/c1-4-28-15-20-23(27-28)24(32)30(14-18-12-10-17(3)11-13-18)25(33)29(20)16-22(31)26-19-8-6-7-9-21(19)34-5-2/h6-13,15H,4-5,14,16H2,1-3H3,(H,26,31). The van der Waals surface area contributed by atoms with Crippen molar-refractivity contribution in [2.45, 2.75) is 40.4 Å². The van der Waals surface area contributed by atoms with E-state index in [9.17, 15) is 14.4 Å². The summed E-state index contributed by atoms with van der Waals surface area (Å²) >= 11 is 0. The van der Waals surface area contributed by atoms with E-state index in [-0.39, 0.29) is 18.6 Å². The van der Waals surface area contributed by atoms with E-state index >= 15 is 0 Å². The number of carbonyl (C=O) groups is 1. The second kappa shape index (κ2) is 9.78. The van der Waals surface area contributed by atoms with Crippen LogP contribution < -0.4 is 21.3 Å². The van der Waals surface area contributed by atoms with Crippen LogP contribution >= 0.6 is 0 Å². The van der Waals surface area contributed by atoms with Gasteiger partial charge in [0.15, 0.2) is 5.52 Å². The van der Waals surface area contributed by atoms with E-state index in [0.29, 0.717) is 30.1 Å². The van der Waals surface area contributed by atoms with Gasteiger partial charge in [-0.25, -0.2) is 4.79 Å². The van der Waals surface area contributed by atoms with Crippen molar-refractivity contribution in [1.82, 2.24) is 18.9 Å². The number of aromatic nitrogens is 4.